The van der Waals surface area contributed by atoms with Gasteiger partial charge in [-0.3, -0.25) is 4.98 Å². The van der Waals surface area contributed by atoms with Crippen molar-refractivity contribution in [3.63, 3.8) is 0 Å². The van der Waals surface area contributed by atoms with Crippen LogP contribution in [0.15, 0.2) is 29.0 Å². The third-order valence-corrected chi connectivity index (χ3v) is 3.40. The molecule has 0 aliphatic rings. The molecule has 0 unspecified atom stereocenters. The molecule has 0 radical (unpaired) electrons. The maximum atomic E-state index is 4.60. The van der Waals surface area contributed by atoms with Crippen LogP contribution in [0.1, 0.15) is 19.0 Å². The van der Waals surface area contributed by atoms with Gasteiger partial charge in [-0.2, -0.15) is 0 Å². The van der Waals surface area contributed by atoms with E-state index in [4.69, 9.17) is 0 Å². The molecule has 94 valence electrons. The summed E-state index contributed by atoms with van der Waals surface area (Å²) in [6, 6.07) is 3.85. The fraction of sp³-hybridized carbons (Fsp3) is 0.308. The van der Waals surface area contributed by atoms with Crippen LogP contribution in [0.2, 0.25) is 0 Å². The van der Waals surface area contributed by atoms with Crippen molar-refractivity contribution in [2.75, 3.05) is 12.4 Å². The zero-order valence-electron chi connectivity index (χ0n) is 10.4. The molecule has 2 aromatic rings. The molecule has 4 nitrogen and oxygen atoms in total. The van der Waals surface area contributed by atoms with Crippen LogP contribution in [0.5, 0.6) is 0 Å². The van der Waals surface area contributed by atoms with Crippen molar-refractivity contribution in [1.82, 2.24) is 15.0 Å². The molecule has 18 heavy (non-hydrogen) atoms. The molecule has 0 amide bonds. The third kappa shape index (κ3) is 2.67. The predicted molar refractivity (Wildman–Crippen MR) is 76.5 cm³/mol. The van der Waals surface area contributed by atoms with Gasteiger partial charge in [0, 0.05) is 25.0 Å². The molecule has 0 spiro atoms. The van der Waals surface area contributed by atoms with Gasteiger partial charge in [0.25, 0.3) is 0 Å². The van der Waals surface area contributed by atoms with Crippen LogP contribution >= 0.6 is 15.9 Å². The quantitative estimate of drug-likeness (QED) is 0.941. The molecule has 2 aromatic heterocycles. The van der Waals surface area contributed by atoms with E-state index in [9.17, 15) is 0 Å². The lowest BCUT2D eigenvalue weighted by Crippen LogP contribution is -2.03. The molecule has 0 bridgehead atoms. The number of hydrogen-bond donors (Lipinski definition) is 1. The van der Waals surface area contributed by atoms with Gasteiger partial charge in [-0.1, -0.05) is 13.3 Å². The smallest absolute Gasteiger partial charge is 0.163 e. The molecule has 2 heterocycles. The van der Waals surface area contributed by atoms with E-state index in [1.54, 1.807) is 12.4 Å². The SMILES string of the molecule is CCCc1nc(-c2cccnc2)nc(NC)c1Br. The van der Waals surface area contributed by atoms with Gasteiger partial charge < -0.3 is 5.32 Å². The number of rotatable bonds is 4. The molecule has 5 heteroatoms. The molecule has 0 aliphatic heterocycles. The topological polar surface area (TPSA) is 50.7 Å². The number of aryl methyl sites for hydroxylation is 1. The van der Waals surface area contributed by atoms with Crippen LogP contribution in [0, 0.1) is 0 Å². The van der Waals surface area contributed by atoms with Crippen LogP contribution in [-0.4, -0.2) is 22.0 Å². The fourth-order valence-electron chi connectivity index (χ4n) is 1.69. The second-order valence-corrected chi connectivity index (χ2v) is 4.69. The average Bonchev–Trinajstić information content (AvgIpc) is 2.42. The van der Waals surface area contributed by atoms with Crippen LogP contribution in [0.25, 0.3) is 11.4 Å². The van der Waals surface area contributed by atoms with Crippen LogP contribution in [0.4, 0.5) is 5.82 Å². The van der Waals surface area contributed by atoms with Gasteiger partial charge >= 0.3 is 0 Å². The minimum Gasteiger partial charge on any atom is -0.372 e. The molecule has 1 N–H and O–H groups in total. The number of nitrogens with one attached hydrogen (secondary N) is 1. The molecule has 0 aromatic carbocycles. The number of halogens is 1. The number of nitrogens with zero attached hydrogens (tertiary/aromatic N) is 3. The van der Waals surface area contributed by atoms with E-state index in [0.717, 1.165) is 34.4 Å². The van der Waals surface area contributed by atoms with Gasteiger partial charge in [-0.05, 0) is 34.5 Å². The lowest BCUT2D eigenvalue weighted by molar-refractivity contribution is 0.868. The Kier molecular flexibility index (Phi) is 4.25. The maximum Gasteiger partial charge on any atom is 0.163 e. The van der Waals surface area contributed by atoms with Crippen molar-refractivity contribution < 1.29 is 0 Å². The van der Waals surface area contributed by atoms with Gasteiger partial charge in [-0.15, -0.1) is 0 Å². The Hall–Kier alpha value is -1.49. The third-order valence-electron chi connectivity index (χ3n) is 2.56. The van der Waals surface area contributed by atoms with E-state index in [1.165, 1.54) is 0 Å². The molecule has 0 aliphatic carbocycles. The molecular formula is C13H15BrN4. The second-order valence-electron chi connectivity index (χ2n) is 3.90. The Morgan fingerprint density at radius 3 is 2.78 bits per heavy atom. The Morgan fingerprint density at radius 1 is 1.33 bits per heavy atom. The second kappa shape index (κ2) is 5.91. The number of hydrogen-bond acceptors (Lipinski definition) is 4. The summed E-state index contributed by atoms with van der Waals surface area (Å²) in [4.78, 5) is 13.2. The summed E-state index contributed by atoms with van der Waals surface area (Å²) in [7, 11) is 1.86. The highest BCUT2D eigenvalue weighted by atomic mass is 79.9. The van der Waals surface area contributed by atoms with E-state index >= 15 is 0 Å². The maximum absolute atomic E-state index is 4.60. The van der Waals surface area contributed by atoms with Gasteiger partial charge in [-0.25, -0.2) is 9.97 Å². The summed E-state index contributed by atoms with van der Waals surface area (Å²) in [6.07, 6.45) is 5.49. The zero-order valence-corrected chi connectivity index (χ0v) is 12.0. The first kappa shape index (κ1) is 13.0. The highest BCUT2D eigenvalue weighted by Gasteiger charge is 2.11. The standard InChI is InChI=1S/C13H15BrN4/c1-3-5-10-11(14)13(15-2)18-12(17-10)9-6-4-7-16-8-9/h4,6-8H,3,5H2,1-2H3,(H,15,17,18). The first-order valence-corrected chi connectivity index (χ1v) is 6.70. The number of aromatic nitrogens is 3. The molecular weight excluding hydrogens is 292 g/mol. The molecule has 2 rings (SSSR count). The Balaban J connectivity index is 2.52. The van der Waals surface area contributed by atoms with E-state index < -0.39 is 0 Å². The lowest BCUT2D eigenvalue weighted by atomic mass is 10.2. The minimum absolute atomic E-state index is 0.708. The van der Waals surface area contributed by atoms with Crippen molar-refractivity contribution >= 4 is 21.7 Å². The monoisotopic (exact) mass is 306 g/mol. The van der Waals surface area contributed by atoms with Crippen molar-refractivity contribution in [2.24, 2.45) is 0 Å². The summed E-state index contributed by atoms with van der Waals surface area (Å²) in [6.45, 7) is 2.14. The van der Waals surface area contributed by atoms with Gasteiger partial charge in [0.15, 0.2) is 5.82 Å². The largest absolute Gasteiger partial charge is 0.372 e. The van der Waals surface area contributed by atoms with E-state index in [-0.39, 0.29) is 0 Å². The zero-order chi connectivity index (χ0) is 13.0. The average molecular weight is 307 g/mol. The first-order chi connectivity index (χ1) is 8.76. The van der Waals surface area contributed by atoms with Gasteiger partial charge in [0.1, 0.15) is 5.82 Å². The summed E-state index contributed by atoms with van der Waals surface area (Å²) in [5.74, 6) is 1.52. The summed E-state index contributed by atoms with van der Waals surface area (Å²) >= 11 is 3.55. The molecule has 0 atom stereocenters. The lowest BCUT2D eigenvalue weighted by Gasteiger charge is -2.10. The minimum atomic E-state index is 0.708. The first-order valence-electron chi connectivity index (χ1n) is 5.90. The predicted octanol–water partition coefficient (Wildman–Crippen LogP) is 3.30. The summed E-state index contributed by atoms with van der Waals surface area (Å²) < 4.78 is 0.944. The number of pyridine rings is 1. The van der Waals surface area contributed by atoms with Crippen LogP contribution in [0.3, 0.4) is 0 Å². The van der Waals surface area contributed by atoms with Crippen molar-refractivity contribution in [1.29, 1.82) is 0 Å². The summed E-state index contributed by atoms with van der Waals surface area (Å²) in [5.41, 5.74) is 1.95. The normalized spacial score (nSPS) is 10.4. The Morgan fingerprint density at radius 2 is 2.17 bits per heavy atom. The highest BCUT2D eigenvalue weighted by Crippen LogP contribution is 2.27. The number of anilines is 1. The van der Waals surface area contributed by atoms with E-state index in [2.05, 4.69) is 43.1 Å². The van der Waals surface area contributed by atoms with Gasteiger partial charge in [0.2, 0.25) is 0 Å². The van der Waals surface area contributed by atoms with Crippen LogP contribution < -0.4 is 5.32 Å². The van der Waals surface area contributed by atoms with Crippen molar-refractivity contribution in [3.8, 4) is 11.4 Å². The Labute approximate surface area is 115 Å². The van der Waals surface area contributed by atoms with E-state index in [1.807, 2.05) is 19.2 Å². The fourth-order valence-corrected chi connectivity index (χ4v) is 2.26. The molecule has 0 fully saturated rings. The van der Waals surface area contributed by atoms with Crippen molar-refractivity contribution in [3.05, 3.63) is 34.7 Å². The highest BCUT2D eigenvalue weighted by molar-refractivity contribution is 9.10. The van der Waals surface area contributed by atoms with E-state index in [0.29, 0.717) is 5.82 Å². The van der Waals surface area contributed by atoms with Crippen molar-refractivity contribution in [2.45, 2.75) is 19.8 Å². The summed E-state index contributed by atoms with van der Waals surface area (Å²) in [5, 5.41) is 3.09. The molecule has 0 saturated heterocycles. The Bertz CT molecular complexity index is 528. The molecule has 0 saturated carbocycles. The van der Waals surface area contributed by atoms with Gasteiger partial charge in [0.05, 0.1) is 10.2 Å². The van der Waals surface area contributed by atoms with Crippen LogP contribution in [-0.2, 0) is 6.42 Å².